The Morgan fingerprint density at radius 3 is 2.75 bits per heavy atom. The Balaban J connectivity index is 1.83. The Morgan fingerprint density at radius 2 is 2.05 bits per heavy atom. The lowest BCUT2D eigenvalue weighted by Gasteiger charge is -2.20. The highest BCUT2D eigenvalue weighted by atomic mass is 79.9. The fraction of sp³-hybridized carbons (Fsp3) is 0.538. The second-order valence-electron chi connectivity index (χ2n) is 5.38. The van der Waals surface area contributed by atoms with Gasteiger partial charge in [0.15, 0.2) is 0 Å². The molecule has 3 N–H and O–H groups in total. The summed E-state index contributed by atoms with van der Waals surface area (Å²) in [7, 11) is -3.59. The number of ether oxygens (including phenoxy) is 1. The Kier molecular flexibility index (Phi) is 3.79. The second-order valence-corrected chi connectivity index (χ2v) is 7.92. The molecule has 2 atom stereocenters. The molecule has 1 aromatic carbocycles. The van der Waals surface area contributed by atoms with Crippen molar-refractivity contribution in [3.05, 3.63) is 22.7 Å². The largest absolute Gasteiger partial charge is 0.399 e. The van der Waals surface area contributed by atoms with Crippen LogP contribution in [-0.2, 0) is 14.8 Å². The maximum Gasteiger partial charge on any atom is 0.242 e. The third-order valence-electron chi connectivity index (χ3n) is 3.77. The Hall–Kier alpha value is -0.630. The van der Waals surface area contributed by atoms with Crippen LogP contribution in [0.15, 0.2) is 27.6 Å². The van der Waals surface area contributed by atoms with Crippen LogP contribution in [0.2, 0.25) is 0 Å². The van der Waals surface area contributed by atoms with E-state index in [0.29, 0.717) is 22.7 Å². The van der Waals surface area contributed by atoms with E-state index in [4.69, 9.17) is 10.5 Å². The lowest BCUT2D eigenvalue weighted by atomic mass is 10.1. The van der Waals surface area contributed by atoms with Crippen molar-refractivity contribution in [3.8, 4) is 0 Å². The number of hydrogen-bond acceptors (Lipinski definition) is 4. The molecule has 7 heteroatoms. The standard InChI is InChI=1S/C13H17BrN2O3S/c14-10-4-3-9(15)7-12(10)20(17,18)16-11-5-6-19-13(11)8-1-2-8/h3-4,7-8,11,13,16H,1-2,5-6,15H2. The summed E-state index contributed by atoms with van der Waals surface area (Å²) in [5, 5.41) is 0. The number of sulfonamides is 1. The zero-order chi connectivity index (χ0) is 14.3. The average Bonchev–Trinajstić information content (AvgIpc) is 3.13. The lowest BCUT2D eigenvalue weighted by Crippen LogP contribution is -2.41. The number of nitrogens with one attached hydrogen (secondary N) is 1. The van der Waals surface area contributed by atoms with Crippen molar-refractivity contribution in [2.24, 2.45) is 5.92 Å². The van der Waals surface area contributed by atoms with Gasteiger partial charge in [-0.15, -0.1) is 0 Å². The van der Waals surface area contributed by atoms with Crippen LogP contribution in [0.25, 0.3) is 0 Å². The minimum absolute atomic E-state index is 0.0182. The van der Waals surface area contributed by atoms with Crippen LogP contribution < -0.4 is 10.5 Å². The quantitative estimate of drug-likeness (QED) is 0.803. The monoisotopic (exact) mass is 360 g/mol. The van der Waals surface area contributed by atoms with Crippen LogP contribution in [0.3, 0.4) is 0 Å². The smallest absolute Gasteiger partial charge is 0.242 e. The molecule has 0 amide bonds. The molecular weight excluding hydrogens is 344 g/mol. The van der Waals surface area contributed by atoms with Crippen molar-refractivity contribution in [2.75, 3.05) is 12.3 Å². The molecule has 110 valence electrons. The summed E-state index contributed by atoms with van der Waals surface area (Å²) >= 11 is 3.27. The van der Waals surface area contributed by atoms with E-state index in [0.717, 1.165) is 19.3 Å². The Bertz CT molecular complexity index is 616. The molecule has 20 heavy (non-hydrogen) atoms. The van der Waals surface area contributed by atoms with Crippen molar-refractivity contribution in [2.45, 2.75) is 36.3 Å². The first kappa shape index (κ1) is 14.3. The van der Waals surface area contributed by atoms with Crippen LogP contribution >= 0.6 is 15.9 Å². The van der Waals surface area contributed by atoms with Crippen LogP contribution in [0.4, 0.5) is 5.69 Å². The first-order valence-corrected chi connectivity index (χ1v) is 8.94. The van der Waals surface area contributed by atoms with Crippen LogP contribution in [0, 0.1) is 5.92 Å². The molecule has 1 aromatic rings. The molecule has 1 heterocycles. The van der Waals surface area contributed by atoms with Gasteiger partial charge in [0.1, 0.15) is 0 Å². The molecule has 0 radical (unpaired) electrons. The van der Waals surface area contributed by atoms with E-state index in [1.165, 1.54) is 6.07 Å². The van der Waals surface area contributed by atoms with Gasteiger partial charge in [-0.1, -0.05) is 0 Å². The van der Waals surface area contributed by atoms with Crippen molar-refractivity contribution in [3.63, 3.8) is 0 Å². The zero-order valence-corrected chi connectivity index (χ0v) is 13.3. The van der Waals surface area contributed by atoms with E-state index in [1.54, 1.807) is 12.1 Å². The summed E-state index contributed by atoms with van der Waals surface area (Å²) in [6, 6.07) is 4.64. The van der Waals surface area contributed by atoms with Crippen molar-refractivity contribution in [1.29, 1.82) is 0 Å². The predicted molar refractivity (Wildman–Crippen MR) is 79.7 cm³/mol. The van der Waals surface area contributed by atoms with E-state index in [9.17, 15) is 8.42 Å². The van der Waals surface area contributed by atoms with Gasteiger partial charge in [-0.2, -0.15) is 0 Å². The summed E-state index contributed by atoms with van der Waals surface area (Å²) in [6.45, 7) is 0.618. The number of rotatable bonds is 4. The zero-order valence-electron chi connectivity index (χ0n) is 10.9. The van der Waals surface area contributed by atoms with E-state index in [-0.39, 0.29) is 17.0 Å². The van der Waals surface area contributed by atoms with Crippen molar-refractivity contribution < 1.29 is 13.2 Å². The number of nitrogens with two attached hydrogens (primary N) is 1. The highest BCUT2D eigenvalue weighted by Gasteiger charge is 2.42. The molecule has 1 aliphatic carbocycles. The topological polar surface area (TPSA) is 81.4 Å². The number of anilines is 1. The normalized spacial score (nSPS) is 26.9. The molecule has 1 saturated heterocycles. The molecule has 2 fully saturated rings. The SMILES string of the molecule is Nc1ccc(Br)c(S(=O)(=O)NC2CCOC2C2CC2)c1. The minimum Gasteiger partial charge on any atom is -0.399 e. The Labute approximate surface area is 127 Å². The van der Waals surface area contributed by atoms with Gasteiger partial charge in [-0.05, 0) is 59.3 Å². The van der Waals surface area contributed by atoms with Gasteiger partial charge in [0.25, 0.3) is 0 Å². The number of nitrogen functional groups attached to an aromatic ring is 1. The van der Waals surface area contributed by atoms with Gasteiger partial charge in [-0.25, -0.2) is 13.1 Å². The first-order valence-electron chi connectivity index (χ1n) is 6.66. The average molecular weight is 361 g/mol. The summed E-state index contributed by atoms with van der Waals surface area (Å²) in [6.07, 6.45) is 3.00. The van der Waals surface area contributed by atoms with E-state index < -0.39 is 10.0 Å². The molecule has 2 aliphatic rings. The van der Waals surface area contributed by atoms with Gasteiger partial charge in [0.05, 0.1) is 17.0 Å². The van der Waals surface area contributed by atoms with Crippen molar-refractivity contribution >= 4 is 31.6 Å². The van der Waals surface area contributed by atoms with E-state index in [1.807, 2.05) is 0 Å². The number of halogens is 1. The molecular formula is C13H17BrN2O3S. The molecule has 1 saturated carbocycles. The lowest BCUT2D eigenvalue weighted by molar-refractivity contribution is 0.0848. The fourth-order valence-electron chi connectivity index (χ4n) is 2.62. The molecule has 3 rings (SSSR count). The van der Waals surface area contributed by atoms with Crippen LogP contribution in [0.1, 0.15) is 19.3 Å². The highest BCUT2D eigenvalue weighted by Crippen LogP contribution is 2.39. The molecule has 0 spiro atoms. The molecule has 0 bridgehead atoms. The third-order valence-corrected chi connectivity index (χ3v) is 6.26. The minimum atomic E-state index is -3.59. The van der Waals surface area contributed by atoms with Gasteiger partial charge in [-0.3, -0.25) is 0 Å². The van der Waals surface area contributed by atoms with Crippen LogP contribution in [0.5, 0.6) is 0 Å². The first-order chi connectivity index (χ1) is 9.47. The molecule has 0 aromatic heterocycles. The van der Waals surface area contributed by atoms with Gasteiger partial charge in [0, 0.05) is 16.8 Å². The second kappa shape index (κ2) is 5.29. The molecule has 2 unspecified atom stereocenters. The maximum absolute atomic E-state index is 12.5. The summed E-state index contributed by atoms with van der Waals surface area (Å²) in [5.74, 6) is 0.509. The molecule has 5 nitrogen and oxygen atoms in total. The van der Waals surface area contributed by atoms with Gasteiger partial charge < -0.3 is 10.5 Å². The van der Waals surface area contributed by atoms with Crippen molar-refractivity contribution in [1.82, 2.24) is 4.72 Å². The maximum atomic E-state index is 12.5. The summed E-state index contributed by atoms with van der Waals surface area (Å²) in [5.41, 5.74) is 6.11. The fourth-order valence-corrected chi connectivity index (χ4v) is 4.89. The number of hydrogen-bond donors (Lipinski definition) is 2. The summed E-state index contributed by atoms with van der Waals surface area (Å²) in [4.78, 5) is 0.180. The van der Waals surface area contributed by atoms with E-state index >= 15 is 0 Å². The molecule has 1 aliphatic heterocycles. The predicted octanol–water partition coefficient (Wildman–Crippen LogP) is 1.88. The highest BCUT2D eigenvalue weighted by molar-refractivity contribution is 9.10. The van der Waals surface area contributed by atoms with E-state index in [2.05, 4.69) is 20.7 Å². The van der Waals surface area contributed by atoms with Gasteiger partial charge >= 0.3 is 0 Å². The third kappa shape index (κ3) is 2.86. The van der Waals surface area contributed by atoms with Crippen LogP contribution in [-0.4, -0.2) is 27.2 Å². The number of benzene rings is 1. The van der Waals surface area contributed by atoms with Gasteiger partial charge in [0.2, 0.25) is 10.0 Å². The summed E-state index contributed by atoms with van der Waals surface area (Å²) < 4.78 is 33.9. The Morgan fingerprint density at radius 1 is 1.30 bits per heavy atom.